The second-order valence-corrected chi connectivity index (χ2v) is 9.95. The van der Waals surface area contributed by atoms with Gasteiger partial charge in [-0.1, -0.05) is 6.92 Å². The van der Waals surface area contributed by atoms with Gasteiger partial charge in [0.2, 0.25) is 0 Å². The van der Waals surface area contributed by atoms with Crippen LogP contribution >= 0.6 is 43.2 Å². The van der Waals surface area contributed by atoms with E-state index in [4.69, 9.17) is 0 Å². The van der Waals surface area contributed by atoms with Gasteiger partial charge in [-0.15, -0.1) is 11.3 Å². The fourth-order valence-corrected chi connectivity index (χ4v) is 6.42. The molecule has 1 saturated heterocycles. The topological polar surface area (TPSA) is 46.2 Å². The third-order valence-corrected chi connectivity index (χ3v) is 8.27. The predicted octanol–water partition coefficient (Wildman–Crippen LogP) is 3.36. The number of halogens is 2. The Labute approximate surface area is 129 Å². The normalized spacial score (nSPS) is 24.3. The molecule has 0 bridgehead atoms. The van der Waals surface area contributed by atoms with Gasteiger partial charge < -0.3 is 5.32 Å². The summed E-state index contributed by atoms with van der Waals surface area (Å²) in [5.41, 5.74) is 0. The zero-order valence-corrected chi connectivity index (χ0v) is 14.8. The quantitative estimate of drug-likeness (QED) is 0.818. The molecule has 3 nitrogen and oxygen atoms in total. The molecule has 0 amide bonds. The average Bonchev–Trinajstić information content (AvgIpc) is 2.79. The third-order valence-electron chi connectivity index (χ3n) is 3.13. The van der Waals surface area contributed by atoms with E-state index >= 15 is 0 Å². The molecular weight excluding hydrogens is 402 g/mol. The van der Waals surface area contributed by atoms with Crippen LogP contribution in [0.2, 0.25) is 0 Å². The van der Waals surface area contributed by atoms with Gasteiger partial charge in [-0.25, -0.2) is 8.42 Å². The summed E-state index contributed by atoms with van der Waals surface area (Å²) in [5, 5.41) is 3.42. The Bertz CT molecular complexity index is 508. The van der Waals surface area contributed by atoms with Gasteiger partial charge in [0, 0.05) is 15.4 Å². The van der Waals surface area contributed by atoms with Crippen LogP contribution in [-0.4, -0.2) is 26.5 Å². The maximum Gasteiger partial charge on any atom is 0.150 e. The molecule has 2 unspecified atom stereocenters. The molecule has 1 fully saturated rings. The Balaban J connectivity index is 2.23. The zero-order chi connectivity index (χ0) is 13.3. The number of hydrogen-bond acceptors (Lipinski definition) is 4. The summed E-state index contributed by atoms with van der Waals surface area (Å²) in [7, 11) is -2.83. The van der Waals surface area contributed by atoms with Gasteiger partial charge in [0.1, 0.15) is 0 Å². The van der Waals surface area contributed by atoms with Crippen LogP contribution < -0.4 is 5.32 Å². The van der Waals surface area contributed by atoms with E-state index in [0.717, 1.165) is 21.2 Å². The second kappa shape index (κ2) is 5.91. The van der Waals surface area contributed by atoms with E-state index in [1.54, 1.807) is 11.3 Å². The molecule has 0 saturated carbocycles. The number of rotatable bonds is 4. The van der Waals surface area contributed by atoms with E-state index in [2.05, 4.69) is 43.2 Å². The highest BCUT2D eigenvalue weighted by molar-refractivity contribution is 9.13. The van der Waals surface area contributed by atoms with Crippen molar-refractivity contribution in [2.75, 3.05) is 18.1 Å². The van der Waals surface area contributed by atoms with E-state index < -0.39 is 9.84 Å². The van der Waals surface area contributed by atoms with Gasteiger partial charge in [-0.3, -0.25) is 0 Å². The first kappa shape index (κ1) is 15.0. The van der Waals surface area contributed by atoms with Crippen LogP contribution in [0.3, 0.4) is 0 Å². The van der Waals surface area contributed by atoms with E-state index in [9.17, 15) is 8.42 Å². The van der Waals surface area contributed by atoms with E-state index in [1.165, 1.54) is 4.88 Å². The first-order valence-electron chi connectivity index (χ1n) is 5.81. The van der Waals surface area contributed by atoms with Gasteiger partial charge >= 0.3 is 0 Å². The summed E-state index contributed by atoms with van der Waals surface area (Å²) in [6.07, 6.45) is 0.757. The Morgan fingerprint density at radius 2 is 2.28 bits per heavy atom. The third kappa shape index (κ3) is 3.36. The van der Waals surface area contributed by atoms with Gasteiger partial charge in [-0.05, 0) is 56.8 Å². The number of nitrogens with one attached hydrogen (secondary N) is 1. The molecular formula is C11H15Br2NO2S2. The molecule has 0 spiro atoms. The molecule has 1 aliphatic heterocycles. The Morgan fingerprint density at radius 1 is 1.56 bits per heavy atom. The lowest BCUT2D eigenvalue weighted by Crippen LogP contribution is -2.28. The van der Waals surface area contributed by atoms with Crippen LogP contribution in [0, 0.1) is 5.92 Å². The van der Waals surface area contributed by atoms with Crippen LogP contribution in [-0.2, 0) is 9.84 Å². The highest BCUT2D eigenvalue weighted by Crippen LogP contribution is 2.40. The van der Waals surface area contributed by atoms with Crippen molar-refractivity contribution in [3.8, 4) is 0 Å². The summed E-state index contributed by atoms with van der Waals surface area (Å²) >= 11 is 8.64. The lowest BCUT2D eigenvalue weighted by Gasteiger charge is -2.22. The molecule has 0 aromatic carbocycles. The molecule has 18 heavy (non-hydrogen) atoms. The van der Waals surface area contributed by atoms with Crippen molar-refractivity contribution in [1.29, 1.82) is 0 Å². The predicted molar refractivity (Wildman–Crippen MR) is 82.9 cm³/mol. The minimum atomic E-state index is -2.83. The Hall–Kier alpha value is 0.570. The van der Waals surface area contributed by atoms with E-state index in [1.807, 2.05) is 6.92 Å². The highest BCUT2D eigenvalue weighted by Gasteiger charge is 2.34. The molecule has 102 valence electrons. The summed E-state index contributed by atoms with van der Waals surface area (Å²) in [4.78, 5) is 1.19. The van der Waals surface area contributed by atoms with Crippen molar-refractivity contribution in [2.24, 2.45) is 5.92 Å². The second-order valence-electron chi connectivity index (χ2n) is 4.47. The molecule has 1 aromatic heterocycles. The molecule has 1 N–H and O–H groups in total. The van der Waals surface area contributed by atoms with Crippen LogP contribution in [0.25, 0.3) is 0 Å². The zero-order valence-electron chi connectivity index (χ0n) is 9.95. The number of thiophene rings is 1. The van der Waals surface area contributed by atoms with Gasteiger partial charge in [-0.2, -0.15) is 0 Å². The Morgan fingerprint density at radius 3 is 2.72 bits per heavy atom. The van der Waals surface area contributed by atoms with Crippen molar-refractivity contribution < 1.29 is 8.42 Å². The van der Waals surface area contributed by atoms with E-state index in [-0.39, 0.29) is 12.0 Å². The molecule has 2 heterocycles. The Kier molecular flexibility index (Phi) is 4.91. The van der Waals surface area contributed by atoms with Crippen LogP contribution in [0.5, 0.6) is 0 Å². The number of hydrogen-bond donors (Lipinski definition) is 1. The van der Waals surface area contributed by atoms with Crippen molar-refractivity contribution >= 4 is 53.0 Å². The first-order valence-corrected chi connectivity index (χ1v) is 10.0. The number of sulfone groups is 1. The minimum absolute atomic E-state index is 0.139. The summed E-state index contributed by atoms with van der Waals surface area (Å²) < 4.78 is 25.3. The average molecular weight is 417 g/mol. The fraction of sp³-hybridized carbons (Fsp3) is 0.636. The van der Waals surface area contributed by atoms with Gasteiger partial charge in [0.05, 0.1) is 15.3 Å². The minimum Gasteiger partial charge on any atom is -0.309 e. The largest absolute Gasteiger partial charge is 0.309 e. The maximum absolute atomic E-state index is 11.6. The standard InChI is InChI=1S/C11H15Br2NO2S2/c1-2-14-10(7-3-4-18(15,16)6-7)9-5-8(12)11(13)17-9/h5,7,10,14H,2-4,6H2,1H3. The molecule has 0 radical (unpaired) electrons. The smallest absolute Gasteiger partial charge is 0.150 e. The van der Waals surface area contributed by atoms with Crippen LogP contribution in [0.15, 0.2) is 14.3 Å². The summed E-state index contributed by atoms with van der Waals surface area (Å²) in [5.74, 6) is 0.817. The molecule has 1 aliphatic rings. The molecule has 7 heteroatoms. The van der Waals surface area contributed by atoms with Crippen molar-refractivity contribution in [2.45, 2.75) is 19.4 Å². The van der Waals surface area contributed by atoms with E-state index in [0.29, 0.717) is 11.5 Å². The molecule has 2 atom stereocenters. The summed E-state index contributed by atoms with van der Waals surface area (Å²) in [6.45, 7) is 2.89. The molecule has 0 aliphatic carbocycles. The first-order chi connectivity index (χ1) is 8.43. The summed E-state index contributed by atoms with van der Waals surface area (Å²) in [6, 6.07) is 2.22. The van der Waals surface area contributed by atoms with Crippen LogP contribution in [0.1, 0.15) is 24.3 Å². The van der Waals surface area contributed by atoms with Crippen molar-refractivity contribution in [3.63, 3.8) is 0 Å². The monoisotopic (exact) mass is 415 g/mol. The van der Waals surface area contributed by atoms with Gasteiger partial charge in [0.15, 0.2) is 9.84 Å². The van der Waals surface area contributed by atoms with Crippen molar-refractivity contribution in [3.05, 3.63) is 19.2 Å². The molecule has 2 rings (SSSR count). The highest BCUT2D eigenvalue weighted by atomic mass is 79.9. The maximum atomic E-state index is 11.6. The van der Waals surface area contributed by atoms with Gasteiger partial charge in [0.25, 0.3) is 0 Å². The SMILES string of the molecule is CCNC(c1cc(Br)c(Br)s1)C1CCS(=O)(=O)C1. The van der Waals surface area contributed by atoms with Crippen molar-refractivity contribution in [1.82, 2.24) is 5.32 Å². The van der Waals surface area contributed by atoms with Crippen LogP contribution in [0.4, 0.5) is 0 Å². The lowest BCUT2D eigenvalue weighted by molar-refractivity contribution is 0.406. The lowest BCUT2D eigenvalue weighted by atomic mass is 9.98. The fourth-order valence-electron chi connectivity index (χ4n) is 2.32. The molecule has 1 aromatic rings.